The van der Waals surface area contributed by atoms with E-state index in [1.54, 1.807) is 6.26 Å². The molecule has 5 nitrogen and oxygen atoms in total. The van der Waals surface area contributed by atoms with Crippen molar-refractivity contribution < 1.29 is 13.9 Å². The Kier molecular flexibility index (Phi) is 4.99. The lowest BCUT2D eigenvalue weighted by atomic mass is 9.93. The van der Waals surface area contributed by atoms with Gasteiger partial charge in [0, 0.05) is 12.1 Å². The van der Waals surface area contributed by atoms with Crippen molar-refractivity contribution in [3.63, 3.8) is 0 Å². The predicted octanol–water partition coefficient (Wildman–Crippen LogP) is 1.63. The van der Waals surface area contributed by atoms with E-state index in [1.807, 2.05) is 6.07 Å². The summed E-state index contributed by atoms with van der Waals surface area (Å²) >= 11 is 0. The number of carbonyl (C=O) groups is 1. The fourth-order valence-corrected chi connectivity index (χ4v) is 2.64. The Bertz CT molecular complexity index is 409. The average Bonchev–Trinajstić information content (AvgIpc) is 2.88. The normalized spacial score (nSPS) is 17.6. The molecule has 0 bridgehead atoms. The molecule has 0 spiro atoms. The zero-order chi connectivity index (χ0) is 13.7. The lowest BCUT2D eigenvalue weighted by Gasteiger charge is -2.31. The van der Waals surface area contributed by atoms with Gasteiger partial charge in [0.05, 0.1) is 13.4 Å². The quantitative estimate of drug-likeness (QED) is 0.820. The highest BCUT2D eigenvalue weighted by Gasteiger charge is 2.22. The lowest BCUT2D eigenvalue weighted by molar-refractivity contribution is 0.0560. The summed E-state index contributed by atoms with van der Waals surface area (Å²) in [4.78, 5) is 13.9. The number of likely N-dealkylation sites (tertiary alicyclic amines) is 1. The third-order valence-electron chi connectivity index (χ3n) is 3.79. The van der Waals surface area contributed by atoms with Gasteiger partial charge in [0.15, 0.2) is 0 Å². The first-order valence-electron chi connectivity index (χ1n) is 6.81. The summed E-state index contributed by atoms with van der Waals surface area (Å²) in [5.74, 6) is 0.676. The van der Waals surface area contributed by atoms with Crippen molar-refractivity contribution in [2.75, 3.05) is 26.7 Å². The minimum absolute atomic E-state index is 0.326. The molecule has 0 amide bonds. The van der Waals surface area contributed by atoms with E-state index in [1.165, 1.54) is 20.0 Å². The number of hydrogen-bond donors (Lipinski definition) is 1. The number of nitrogens with zero attached hydrogens (tertiary/aromatic N) is 1. The van der Waals surface area contributed by atoms with Crippen LogP contribution in [0.1, 0.15) is 35.4 Å². The van der Waals surface area contributed by atoms with E-state index in [2.05, 4.69) is 4.90 Å². The van der Waals surface area contributed by atoms with Gasteiger partial charge in [-0.15, -0.1) is 0 Å². The smallest absolute Gasteiger partial charge is 0.374 e. The summed E-state index contributed by atoms with van der Waals surface area (Å²) in [5, 5.41) is 0. The van der Waals surface area contributed by atoms with Crippen LogP contribution in [-0.4, -0.2) is 37.6 Å². The third kappa shape index (κ3) is 3.58. The third-order valence-corrected chi connectivity index (χ3v) is 3.79. The van der Waals surface area contributed by atoms with Crippen LogP contribution in [0.25, 0.3) is 0 Å². The molecule has 0 saturated carbocycles. The number of methoxy groups -OCH3 is 1. The Balaban J connectivity index is 1.89. The van der Waals surface area contributed by atoms with Gasteiger partial charge in [0.1, 0.15) is 0 Å². The summed E-state index contributed by atoms with van der Waals surface area (Å²) in [5.41, 5.74) is 6.50. The maximum atomic E-state index is 11.5. The van der Waals surface area contributed by atoms with Gasteiger partial charge in [0.25, 0.3) is 0 Å². The fraction of sp³-hybridized carbons (Fsp3) is 0.643. The van der Waals surface area contributed by atoms with Crippen molar-refractivity contribution in [2.24, 2.45) is 11.7 Å². The van der Waals surface area contributed by atoms with Crippen LogP contribution in [0.3, 0.4) is 0 Å². The number of carbonyl (C=O) groups excluding carboxylic acids is 1. The first-order chi connectivity index (χ1) is 9.24. The zero-order valence-corrected chi connectivity index (χ0v) is 11.4. The van der Waals surface area contributed by atoms with Gasteiger partial charge >= 0.3 is 5.97 Å². The van der Waals surface area contributed by atoms with E-state index >= 15 is 0 Å². The van der Waals surface area contributed by atoms with Crippen molar-refractivity contribution in [3.05, 3.63) is 23.7 Å². The molecule has 0 aromatic carbocycles. The van der Waals surface area contributed by atoms with Gasteiger partial charge in [-0.1, -0.05) is 0 Å². The van der Waals surface area contributed by atoms with Crippen LogP contribution in [0.4, 0.5) is 0 Å². The molecule has 0 atom stereocenters. The fourth-order valence-electron chi connectivity index (χ4n) is 2.64. The summed E-state index contributed by atoms with van der Waals surface area (Å²) in [6.07, 6.45) is 5.03. The highest BCUT2D eigenvalue weighted by molar-refractivity contribution is 5.87. The monoisotopic (exact) mass is 266 g/mol. The number of ether oxygens (including phenoxy) is 1. The molecular weight excluding hydrogens is 244 g/mol. The first-order valence-corrected chi connectivity index (χ1v) is 6.81. The van der Waals surface area contributed by atoms with Crippen LogP contribution in [0.2, 0.25) is 0 Å². The SMILES string of the molecule is COC(=O)c1occc1CN1CCC(CCN)CC1. The summed E-state index contributed by atoms with van der Waals surface area (Å²) in [6, 6.07) is 1.85. The van der Waals surface area contributed by atoms with Gasteiger partial charge in [-0.3, -0.25) is 4.90 Å². The number of esters is 1. The summed E-state index contributed by atoms with van der Waals surface area (Å²) in [6.45, 7) is 3.63. The Labute approximate surface area is 113 Å². The number of hydrogen-bond acceptors (Lipinski definition) is 5. The van der Waals surface area contributed by atoms with Crippen molar-refractivity contribution in [2.45, 2.75) is 25.8 Å². The van der Waals surface area contributed by atoms with Crippen molar-refractivity contribution in [1.82, 2.24) is 4.90 Å². The zero-order valence-electron chi connectivity index (χ0n) is 11.4. The van der Waals surface area contributed by atoms with E-state index in [0.717, 1.165) is 44.1 Å². The molecule has 1 aliphatic heterocycles. The van der Waals surface area contributed by atoms with E-state index in [4.69, 9.17) is 14.9 Å². The Morgan fingerprint density at radius 1 is 1.53 bits per heavy atom. The molecule has 2 rings (SSSR count). The molecule has 1 aromatic heterocycles. The molecule has 5 heteroatoms. The lowest BCUT2D eigenvalue weighted by Crippen LogP contribution is -2.34. The van der Waals surface area contributed by atoms with E-state index in [-0.39, 0.29) is 0 Å². The van der Waals surface area contributed by atoms with Crippen molar-refractivity contribution in [3.8, 4) is 0 Å². The number of piperidine rings is 1. The molecule has 106 valence electrons. The maximum Gasteiger partial charge on any atom is 0.374 e. The van der Waals surface area contributed by atoms with E-state index in [0.29, 0.717) is 5.76 Å². The molecule has 1 saturated heterocycles. The minimum atomic E-state index is -0.405. The van der Waals surface area contributed by atoms with Crippen molar-refractivity contribution in [1.29, 1.82) is 0 Å². The molecular formula is C14H22N2O3. The van der Waals surface area contributed by atoms with Gasteiger partial charge < -0.3 is 14.9 Å². The van der Waals surface area contributed by atoms with Gasteiger partial charge in [-0.2, -0.15) is 0 Å². The second-order valence-electron chi connectivity index (χ2n) is 5.06. The van der Waals surface area contributed by atoms with Crippen LogP contribution in [0.5, 0.6) is 0 Å². The number of furan rings is 1. The van der Waals surface area contributed by atoms with Crippen molar-refractivity contribution >= 4 is 5.97 Å². The largest absolute Gasteiger partial charge is 0.463 e. The predicted molar refractivity (Wildman–Crippen MR) is 71.7 cm³/mol. The molecule has 1 aromatic rings. The molecule has 2 heterocycles. The number of rotatable bonds is 5. The first kappa shape index (κ1) is 14.1. The van der Waals surface area contributed by atoms with E-state index in [9.17, 15) is 4.79 Å². The molecule has 19 heavy (non-hydrogen) atoms. The van der Waals surface area contributed by atoms with Crippen LogP contribution in [0, 0.1) is 5.92 Å². The second-order valence-corrected chi connectivity index (χ2v) is 5.06. The van der Waals surface area contributed by atoms with Gasteiger partial charge in [-0.25, -0.2) is 4.79 Å². The van der Waals surface area contributed by atoms with Crippen LogP contribution >= 0.6 is 0 Å². The highest BCUT2D eigenvalue weighted by Crippen LogP contribution is 2.22. The van der Waals surface area contributed by atoms with Crippen LogP contribution in [-0.2, 0) is 11.3 Å². The Morgan fingerprint density at radius 2 is 2.26 bits per heavy atom. The summed E-state index contributed by atoms with van der Waals surface area (Å²) < 4.78 is 9.91. The van der Waals surface area contributed by atoms with Gasteiger partial charge in [-0.05, 0) is 50.9 Å². The molecule has 1 fully saturated rings. The Hall–Kier alpha value is -1.33. The maximum absolute atomic E-state index is 11.5. The number of nitrogens with two attached hydrogens (primary N) is 1. The molecule has 0 radical (unpaired) electrons. The van der Waals surface area contributed by atoms with Gasteiger partial charge in [0.2, 0.25) is 5.76 Å². The second kappa shape index (κ2) is 6.73. The Morgan fingerprint density at radius 3 is 2.89 bits per heavy atom. The molecule has 2 N–H and O–H groups in total. The molecule has 0 unspecified atom stereocenters. The standard InChI is InChI=1S/C14H22N2O3/c1-18-14(17)13-12(5-9-19-13)10-16-7-3-11(2-6-15)4-8-16/h5,9,11H,2-4,6-8,10,15H2,1H3. The summed E-state index contributed by atoms with van der Waals surface area (Å²) in [7, 11) is 1.37. The minimum Gasteiger partial charge on any atom is -0.463 e. The molecule has 1 aliphatic rings. The highest BCUT2D eigenvalue weighted by atomic mass is 16.5. The van der Waals surface area contributed by atoms with Crippen LogP contribution < -0.4 is 5.73 Å². The average molecular weight is 266 g/mol. The van der Waals surface area contributed by atoms with E-state index < -0.39 is 5.97 Å². The molecule has 0 aliphatic carbocycles. The topological polar surface area (TPSA) is 68.7 Å². The van der Waals surface area contributed by atoms with Crippen LogP contribution in [0.15, 0.2) is 16.7 Å².